The summed E-state index contributed by atoms with van der Waals surface area (Å²) in [5, 5.41) is 39.6. The zero-order valence-electron chi connectivity index (χ0n) is 15.3. The van der Waals surface area contributed by atoms with E-state index in [2.05, 4.69) is 15.6 Å². The van der Waals surface area contributed by atoms with Crippen LogP contribution in [0.2, 0.25) is 5.82 Å². The lowest BCUT2D eigenvalue weighted by Gasteiger charge is -2.28. The maximum absolute atomic E-state index is 12.5. The summed E-state index contributed by atoms with van der Waals surface area (Å²) in [7, 11) is 0.455. The second-order valence-corrected chi connectivity index (χ2v) is 6.64. The Hall–Kier alpha value is -2.76. The predicted molar refractivity (Wildman–Crippen MR) is 97.8 cm³/mol. The van der Waals surface area contributed by atoms with Gasteiger partial charge in [0.15, 0.2) is 5.78 Å². The lowest BCUT2D eigenvalue weighted by atomic mass is 9.64. The number of carboxylic acids is 1. The molecule has 0 aliphatic carbocycles. The minimum atomic E-state index is -1.28. The lowest BCUT2D eigenvalue weighted by Crippen LogP contribution is -2.36. The zero-order chi connectivity index (χ0) is 20.3. The summed E-state index contributed by atoms with van der Waals surface area (Å²) < 4.78 is 6.84. The number of para-hydroxylation sites is 1. The number of fused-ring (bicyclic) bond motifs is 1. The fourth-order valence-corrected chi connectivity index (χ4v) is 3.33. The van der Waals surface area contributed by atoms with Gasteiger partial charge in [0.05, 0.1) is 17.9 Å². The fourth-order valence-electron chi connectivity index (χ4n) is 3.33. The van der Waals surface area contributed by atoms with E-state index in [0.717, 1.165) is 0 Å². The highest BCUT2D eigenvalue weighted by Gasteiger charge is 2.37. The highest BCUT2D eigenvalue weighted by Crippen LogP contribution is 2.36. The number of Topliss-reactive ketones (excluding diaryl/α,β-unsaturated/α-hetero) is 1. The summed E-state index contributed by atoms with van der Waals surface area (Å²) in [5.74, 6) is -1.68. The van der Waals surface area contributed by atoms with E-state index in [-0.39, 0.29) is 36.7 Å². The van der Waals surface area contributed by atoms with E-state index in [4.69, 9.17) is 4.65 Å². The number of carbonyl (C=O) groups is 2. The van der Waals surface area contributed by atoms with Crippen molar-refractivity contribution in [1.82, 2.24) is 20.3 Å². The Kier molecular flexibility index (Phi) is 6.07. The quantitative estimate of drug-likeness (QED) is 0.445. The Morgan fingerprint density at radius 1 is 1.43 bits per heavy atom. The number of aliphatic hydroxyl groups excluding tert-OH is 1. The van der Waals surface area contributed by atoms with E-state index in [9.17, 15) is 24.8 Å². The molecule has 0 saturated carbocycles. The second kappa shape index (κ2) is 8.51. The maximum Gasteiger partial charge on any atom is 0.526 e. The molecule has 4 N–H and O–H groups in total. The SMILES string of the molecule is CNCc1c(CO)nnn1CC(=O)C[C@H]1Cc2cccc(C(=O)O)c2OB1O. The second-order valence-electron chi connectivity index (χ2n) is 6.64. The number of ketones is 1. The van der Waals surface area contributed by atoms with Gasteiger partial charge in [0.25, 0.3) is 0 Å². The van der Waals surface area contributed by atoms with Crippen LogP contribution in [0.3, 0.4) is 0 Å². The molecule has 0 radical (unpaired) electrons. The number of aliphatic hydroxyl groups is 1. The summed E-state index contributed by atoms with van der Waals surface area (Å²) in [6.45, 7) is 0.0784. The van der Waals surface area contributed by atoms with Crippen LogP contribution in [0.4, 0.5) is 0 Å². The molecule has 1 aliphatic heterocycles. The van der Waals surface area contributed by atoms with Gasteiger partial charge in [-0.05, 0) is 25.1 Å². The number of nitrogens with one attached hydrogen (secondary N) is 1. The molecule has 1 aromatic carbocycles. The van der Waals surface area contributed by atoms with Crippen molar-refractivity contribution in [2.75, 3.05) is 7.05 Å². The number of nitrogens with zero attached hydrogens (tertiary/aromatic N) is 3. The molecule has 3 rings (SSSR count). The van der Waals surface area contributed by atoms with Crippen LogP contribution in [0.25, 0.3) is 0 Å². The Morgan fingerprint density at radius 3 is 2.89 bits per heavy atom. The van der Waals surface area contributed by atoms with Gasteiger partial charge in [-0.2, -0.15) is 0 Å². The molecule has 1 aliphatic rings. The Balaban J connectivity index is 1.71. The van der Waals surface area contributed by atoms with Gasteiger partial charge in [-0.15, -0.1) is 5.10 Å². The molecule has 0 spiro atoms. The van der Waals surface area contributed by atoms with Crippen molar-refractivity contribution in [2.45, 2.75) is 38.4 Å². The van der Waals surface area contributed by atoms with Crippen LogP contribution in [0.5, 0.6) is 5.75 Å². The number of hydrogen-bond donors (Lipinski definition) is 4. The fraction of sp³-hybridized carbons (Fsp3) is 0.412. The van der Waals surface area contributed by atoms with Gasteiger partial charge in [-0.25, -0.2) is 9.48 Å². The van der Waals surface area contributed by atoms with Gasteiger partial charge in [-0.3, -0.25) is 4.79 Å². The number of rotatable bonds is 8. The molecule has 0 unspecified atom stereocenters. The van der Waals surface area contributed by atoms with Crippen LogP contribution in [0.1, 0.15) is 33.7 Å². The first-order chi connectivity index (χ1) is 13.4. The molecular formula is C17H21BN4O6. The predicted octanol–water partition coefficient (Wildman–Crippen LogP) is -0.367. The van der Waals surface area contributed by atoms with Gasteiger partial charge in [0, 0.05) is 18.8 Å². The number of carbonyl (C=O) groups excluding carboxylic acids is 1. The molecule has 0 amide bonds. The highest BCUT2D eigenvalue weighted by molar-refractivity contribution is 6.47. The largest absolute Gasteiger partial charge is 0.535 e. The number of carboxylic acid groups (broad SMARTS) is 1. The van der Waals surface area contributed by atoms with E-state index in [1.807, 2.05) is 0 Å². The molecule has 1 atom stereocenters. The molecule has 11 heteroatoms. The van der Waals surface area contributed by atoms with E-state index in [1.54, 1.807) is 19.2 Å². The number of hydrogen-bond acceptors (Lipinski definition) is 8. The monoisotopic (exact) mass is 388 g/mol. The van der Waals surface area contributed by atoms with Crippen LogP contribution < -0.4 is 9.97 Å². The van der Waals surface area contributed by atoms with Crippen LogP contribution in [0.15, 0.2) is 18.2 Å². The maximum atomic E-state index is 12.5. The Labute approximate surface area is 161 Å². The summed E-state index contributed by atoms with van der Waals surface area (Å²) in [4.78, 5) is 23.8. The van der Waals surface area contributed by atoms with Crippen molar-refractivity contribution >= 4 is 18.9 Å². The van der Waals surface area contributed by atoms with E-state index in [1.165, 1.54) is 10.7 Å². The first-order valence-electron chi connectivity index (χ1n) is 8.82. The van der Waals surface area contributed by atoms with E-state index >= 15 is 0 Å². The van der Waals surface area contributed by atoms with Crippen molar-refractivity contribution in [2.24, 2.45) is 0 Å². The molecule has 28 heavy (non-hydrogen) atoms. The van der Waals surface area contributed by atoms with E-state index < -0.39 is 18.9 Å². The van der Waals surface area contributed by atoms with Crippen LogP contribution >= 0.6 is 0 Å². The molecule has 2 aromatic rings. The molecule has 0 bridgehead atoms. The summed E-state index contributed by atoms with van der Waals surface area (Å²) >= 11 is 0. The van der Waals surface area contributed by atoms with Gasteiger partial charge in [0.1, 0.15) is 18.0 Å². The van der Waals surface area contributed by atoms with Crippen LogP contribution in [0, 0.1) is 0 Å². The average Bonchev–Trinajstić information content (AvgIpc) is 3.03. The minimum Gasteiger partial charge on any atom is -0.535 e. The van der Waals surface area contributed by atoms with Crippen molar-refractivity contribution in [3.05, 3.63) is 40.7 Å². The summed E-state index contributed by atoms with van der Waals surface area (Å²) in [6.07, 6.45) is 0.358. The highest BCUT2D eigenvalue weighted by atomic mass is 16.5. The number of aromatic carboxylic acids is 1. The van der Waals surface area contributed by atoms with Gasteiger partial charge >= 0.3 is 13.1 Å². The number of aromatic nitrogens is 3. The minimum absolute atomic E-state index is 0.0165. The lowest BCUT2D eigenvalue weighted by molar-refractivity contribution is -0.120. The Morgan fingerprint density at radius 2 is 2.21 bits per heavy atom. The standard InChI is InChI=1S/C17H21BN4O6/c1-19-7-15-14(9-23)20-21-22(15)8-12(24)6-11-5-10-3-2-4-13(17(25)26)16(10)28-18(11)27/h2-4,11,19,23,27H,5-9H2,1H3,(H,25,26)/t11-/m1/s1. The topological polar surface area (TPSA) is 147 Å². The van der Waals surface area contributed by atoms with Gasteiger partial charge in [0.2, 0.25) is 0 Å². The van der Waals surface area contributed by atoms with E-state index in [0.29, 0.717) is 29.9 Å². The molecule has 2 heterocycles. The molecule has 1 aromatic heterocycles. The molecular weight excluding hydrogens is 367 g/mol. The third-order valence-corrected chi connectivity index (χ3v) is 4.68. The Bertz CT molecular complexity index is 887. The third-order valence-electron chi connectivity index (χ3n) is 4.68. The average molecular weight is 388 g/mol. The van der Waals surface area contributed by atoms with Crippen molar-refractivity contribution in [3.63, 3.8) is 0 Å². The van der Waals surface area contributed by atoms with Gasteiger partial charge in [-0.1, -0.05) is 17.3 Å². The molecule has 10 nitrogen and oxygen atoms in total. The first-order valence-corrected chi connectivity index (χ1v) is 8.82. The summed E-state index contributed by atoms with van der Waals surface area (Å²) in [5.41, 5.74) is 1.65. The van der Waals surface area contributed by atoms with Crippen LogP contribution in [-0.2, 0) is 30.9 Å². The number of benzene rings is 1. The van der Waals surface area contributed by atoms with Crippen molar-refractivity contribution in [3.8, 4) is 5.75 Å². The molecule has 0 saturated heterocycles. The van der Waals surface area contributed by atoms with Gasteiger partial charge < -0.3 is 25.2 Å². The first kappa shape index (κ1) is 20.0. The zero-order valence-corrected chi connectivity index (χ0v) is 15.3. The normalized spacial score (nSPS) is 15.8. The summed E-state index contributed by atoms with van der Waals surface area (Å²) in [6, 6.07) is 4.74. The van der Waals surface area contributed by atoms with Crippen LogP contribution in [-0.4, -0.2) is 56.1 Å². The smallest absolute Gasteiger partial charge is 0.526 e. The molecule has 148 valence electrons. The van der Waals surface area contributed by atoms with Crippen molar-refractivity contribution in [1.29, 1.82) is 0 Å². The molecule has 0 fully saturated rings. The third kappa shape index (κ3) is 4.06. The van der Waals surface area contributed by atoms with Crippen molar-refractivity contribution < 1.29 is 29.5 Å².